The van der Waals surface area contributed by atoms with Gasteiger partial charge in [0.25, 0.3) is 0 Å². The number of thioether (sulfide) groups is 1. The number of rotatable bonds is 1. The fraction of sp³-hybridized carbons (Fsp3) is 0.0625. The second-order valence-electron chi connectivity index (χ2n) is 4.97. The smallest absolute Gasteiger partial charge is 0.172 e. The second kappa shape index (κ2) is 4.64. The summed E-state index contributed by atoms with van der Waals surface area (Å²) in [6.45, 7) is 4.18. The Morgan fingerprint density at radius 1 is 1.14 bits per heavy atom. The maximum Gasteiger partial charge on any atom is 0.172 e. The highest BCUT2D eigenvalue weighted by molar-refractivity contribution is 9.10. The van der Waals surface area contributed by atoms with Crippen molar-refractivity contribution >= 4 is 38.4 Å². The Morgan fingerprint density at radius 2 is 1.95 bits per heavy atom. The largest absolute Gasteiger partial charge is 0.356 e. The van der Waals surface area contributed by atoms with Crippen LogP contribution >= 0.6 is 27.7 Å². The molecule has 2 aromatic carbocycles. The summed E-state index contributed by atoms with van der Waals surface area (Å²) in [6.07, 6.45) is 0. The van der Waals surface area contributed by atoms with Crippen molar-refractivity contribution in [1.82, 2.24) is 5.43 Å². The van der Waals surface area contributed by atoms with Crippen LogP contribution in [-0.2, 0) is 4.87 Å². The lowest BCUT2D eigenvalue weighted by molar-refractivity contribution is 0.610. The van der Waals surface area contributed by atoms with E-state index in [4.69, 9.17) is 0 Å². The van der Waals surface area contributed by atoms with Gasteiger partial charge in [-0.25, -0.2) is 0 Å². The zero-order chi connectivity index (χ0) is 14.4. The Balaban J connectivity index is 1.76. The number of fused-ring (bicyclic) bond motifs is 2. The Hall–Kier alpha value is -1.72. The SMILES string of the molecule is C=C1Nc2ccc(Br)cc2C12NN=C(c1ccccc1)S2. The highest BCUT2D eigenvalue weighted by atomic mass is 79.9. The molecule has 4 rings (SSSR count). The van der Waals surface area contributed by atoms with Gasteiger partial charge in [0.1, 0.15) is 5.04 Å². The van der Waals surface area contributed by atoms with E-state index in [0.717, 1.165) is 32.0 Å². The summed E-state index contributed by atoms with van der Waals surface area (Å²) in [4.78, 5) is -0.426. The predicted molar refractivity (Wildman–Crippen MR) is 92.3 cm³/mol. The second-order valence-corrected chi connectivity index (χ2v) is 7.09. The average Bonchev–Trinajstić information content (AvgIpc) is 3.06. The summed E-state index contributed by atoms with van der Waals surface area (Å²) in [5.41, 5.74) is 7.54. The molecular weight excluding hydrogens is 346 g/mol. The summed E-state index contributed by atoms with van der Waals surface area (Å²) in [5, 5.41) is 8.87. The van der Waals surface area contributed by atoms with E-state index in [9.17, 15) is 0 Å². The third-order valence-corrected chi connectivity index (χ3v) is 5.53. The maximum atomic E-state index is 4.53. The van der Waals surface area contributed by atoms with Crippen molar-refractivity contribution in [3.8, 4) is 0 Å². The fourth-order valence-corrected chi connectivity index (χ4v) is 4.14. The van der Waals surface area contributed by atoms with Gasteiger partial charge in [0.05, 0.1) is 5.70 Å². The number of halogens is 1. The first kappa shape index (κ1) is 13.0. The number of hydrogen-bond acceptors (Lipinski definition) is 4. The molecule has 2 heterocycles. The van der Waals surface area contributed by atoms with Gasteiger partial charge in [-0.1, -0.05) is 64.6 Å². The molecule has 0 amide bonds. The van der Waals surface area contributed by atoms with E-state index in [1.807, 2.05) is 24.3 Å². The molecule has 2 aliphatic heterocycles. The molecule has 0 saturated heterocycles. The minimum absolute atomic E-state index is 0.426. The van der Waals surface area contributed by atoms with Crippen molar-refractivity contribution in [3.05, 3.63) is 76.4 Å². The van der Waals surface area contributed by atoms with Crippen LogP contribution < -0.4 is 10.7 Å². The summed E-state index contributed by atoms with van der Waals surface area (Å²) >= 11 is 5.23. The van der Waals surface area contributed by atoms with Crippen LogP contribution in [0.2, 0.25) is 0 Å². The normalized spacial score (nSPS) is 22.7. The number of hydrazone groups is 1. The maximum absolute atomic E-state index is 4.53. The van der Waals surface area contributed by atoms with Crippen LogP contribution in [0.25, 0.3) is 0 Å². The van der Waals surface area contributed by atoms with Crippen LogP contribution in [-0.4, -0.2) is 5.04 Å². The number of nitrogens with zero attached hydrogens (tertiary/aromatic N) is 1. The molecule has 5 heteroatoms. The van der Waals surface area contributed by atoms with Gasteiger partial charge in [0.15, 0.2) is 4.87 Å². The summed E-state index contributed by atoms with van der Waals surface area (Å²) in [6, 6.07) is 16.4. The highest BCUT2D eigenvalue weighted by Gasteiger charge is 2.47. The van der Waals surface area contributed by atoms with E-state index in [2.05, 4.69) is 62.6 Å². The molecule has 2 N–H and O–H groups in total. The molecule has 0 saturated carbocycles. The van der Waals surface area contributed by atoms with Crippen molar-refractivity contribution in [1.29, 1.82) is 0 Å². The molecule has 2 aliphatic rings. The summed E-state index contributed by atoms with van der Waals surface area (Å²) < 4.78 is 1.05. The topological polar surface area (TPSA) is 36.4 Å². The van der Waals surface area contributed by atoms with Gasteiger partial charge in [-0.05, 0) is 18.2 Å². The summed E-state index contributed by atoms with van der Waals surface area (Å²) in [5.74, 6) is 0. The quantitative estimate of drug-likeness (QED) is 0.801. The summed E-state index contributed by atoms with van der Waals surface area (Å²) in [7, 11) is 0. The van der Waals surface area contributed by atoms with Crippen LogP contribution in [0.4, 0.5) is 5.69 Å². The van der Waals surface area contributed by atoms with Gasteiger partial charge < -0.3 is 5.32 Å². The minimum Gasteiger partial charge on any atom is -0.356 e. The molecule has 2 aromatic rings. The van der Waals surface area contributed by atoms with Crippen LogP contribution in [0.15, 0.2) is 70.4 Å². The first-order valence-electron chi connectivity index (χ1n) is 6.55. The average molecular weight is 358 g/mol. The molecule has 21 heavy (non-hydrogen) atoms. The van der Waals surface area contributed by atoms with Crippen LogP contribution in [0, 0.1) is 0 Å². The number of nitrogens with one attached hydrogen (secondary N) is 2. The molecule has 1 atom stereocenters. The first-order valence-corrected chi connectivity index (χ1v) is 8.16. The minimum atomic E-state index is -0.426. The van der Waals surface area contributed by atoms with E-state index < -0.39 is 4.87 Å². The molecular formula is C16H12BrN3S. The zero-order valence-corrected chi connectivity index (χ0v) is 13.5. The lowest BCUT2D eigenvalue weighted by Gasteiger charge is -2.23. The van der Waals surface area contributed by atoms with Gasteiger partial charge in [-0.2, -0.15) is 5.10 Å². The van der Waals surface area contributed by atoms with Gasteiger partial charge in [-0.3, -0.25) is 5.43 Å². The third-order valence-electron chi connectivity index (χ3n) is 3.66. The standard InChI is InChI=1S/C16H12BrN3S/c1-10-16(13-9-12(17)7-8-14(13)18-10)20-19-15(21-16)11-5-3-2-4-6-11/h2-9,18,20H,1H2. The van der Waals surface area contributed by atoms with Gasteiger partial charge >= 0.3 is 0 Å². The molecule has 1 unspecified atom stereocenters. The van der Waals surface area contributed by atoms with Crippen molar-refractivity contribution in [3.63, 3.8) is 0 Å². The van der Waals surface area contributed by atoms with Crippen LogP contribution in [0.1, 0.15) is 11.1 Å². The van der Waals surface area contributed by atoms with Crippen LogP contribution in [0.5, 0.6) is 0 Å². The molecule has 0 radical (unpaired) electrons. The third kappa shape index (κ3) is 1.92. The Kier molecular flexibility index (Phi) is 2.87. The van der Waals surface area contributed by atoms with E-state index in [1.165, 1.54) is 0 Å². The number of anilines is 1. The molecule has 104 valence electrons. The van der Waals surface area contributed by atoms with Crippen molar-refractivity contribution < 1.29 is 0 Å². The molecule has 0 aromatic heterocycles. The Labute approximate surface area is 135 Å². The lowest BCUT2D eigenvalue weighted by Crippen LogP contribution is -2.32. The highest BCUT2D eigenvalue weighted by Crippen LogP contribution is 2.52. The number of benzene rings is 2. The molecule has 0 bridgehead atoms. The number of hydrogen-bond donors (Lipinski definition) is 2. The Morgan fingerprint density at radius 3 is 2.76 bits per heavy atom. The predicted octanol–water partition coefficient (Wildman–Crippen LogP) is 4.24. The van der Waals surface area contributed by atoms with E-state index >= 15 is 0 Å². The Bertz CT molecular complexity index is 772. The first-order chi connectivity index (χ1) is 10.2. The zero-order valence-electron chi connectivity index (χ0n) is 11.1. The molecule has 1 spiro atoms. The van der Waals surface area contributed by atoms with Gasteiger partial charge in [0.2, 0.25) is 0 Å². The molecule has 0 fully saturated rings. The van der Waals surface area contributed by atoms with Crippen molar-refractivity contribution in [2.45, 2.75) is 4.87 Å². The van der Waals surface area contributed by atoms with Gasteiger partial charge in [0, 0.05) is 21.3 Å². The molecule has 0 aliphatic carbocycles. The monoisotopic (exact) mass is 357 g/mol. The van der Waals surface area contributed by atoms with Crippen molar-refractivity contribution in [2.24, 2.45) is 5.10 Å². The van der Waals surface area contributed by atoms with Crippen LogP contribution in [0.3, 0.4) is 0 Å². The van der Waals surface area contributed by atoms with Gasteiger partial charge in [-0.15, -0.1) is 0 Å². The van der Waals surface area contributed by atoms with E-state index in [-0.39, 0.29) is 0 Å². The lowest BCUT2D eigenvalue weighted by atomic mass is 10.1. The van der Waals surface area contributed by atoms with E-state index in [1.54, 1.807) is 11.8 Å². The van der Waals surface area contributed by atoms with Crippen molar-refractivity contribution in [2.75, 3.05) is 5.32 Å². The van der Waals surface area contributed by atoms with E-state index in [0.29, 0.717) is 0 Å². The fourth-order valence-electron chi connectivity index (χ4n) is 2.60. The molecule has 3 nitrogen and oxygen atoms in total.